The lowest BCUT2D eigenvalue weighted by Gasteiger charge is -2.18. The van der Waals surface area contributed by atoms with Gasteiger partial charge in [-0.05, 0) is 77.0 Å². The first-order chi connectivity index (χ1) is 27.1. The molecule has 0 amide bonds. The summed E-state index contributed by atoms with van der Waals surface area (Å²) in [6.45, 7) is 3.32. The summed E-state index contributed by atoms with van der Waals surface area (Å²) in [4.78, 5) is 42.8. The van der Waals surface area contributed by atoms with Crippen LogP contribution in [-0.2, 0) is 28.2 Å². The lowest BCUT2D eigenvalue weighted by Crippen LogP contribution is -2.29. The molecule has 0 unspecified atom stereocenters. The number of carbonyl (C=O) groups excluding carboxylic acids is 2. The third-order valence-electron chi connectivity index (χ3n) is 8.28. The average Bonchev–Trinajstić information content (AvgIpc) is 3.15. The highest BCUT2D eigenvalue weighted by atomic mass is 31.2. The fourth-order valence-electron chi connectivity index (χ4n) is 5.10. The highest BCUT2D eigenvalue weighted by Gasteiger charge is 2.23. The minimum Gasteiger partial charge on any atom is -0.462 e. The molecule has 3 atom stereocenters. The summed E-state index contributed by atoms with van der Waals surface area (Å²) in [5.74, 6) is -1.16. The molecule has 11 heteroatoms. The molecular formula is C45H73O10P. The minimum absolute atomic E-state index is 0.00576. The predicted molar refractivity (Wildman–Crippen MR) is 228 cm³/mol. The quantitative estimate of drug-likeness (QED) is 0.0158. The van der Waals surface area contributed by atoms with Gasteiger partial charge in [0.2, 0.25) is 0 Å². The summed E-state index contributed by atoms with van der Waals surface area (Å²) in [5, 5.41) is 20.0. The normalized spacial score (nSPS) is 14.6. The Labute approximate surface area is 338 Å². The van der Waals surface area contributed by atoms with Crippen LogP contribution in [0, 0.1) is 0 Å². The van der Waals surface area contributed by atoms with E-state index in [1.807, 2.05) is 30.4 Å². The van der Waals surface area contributed by atoms with Gasteiger partial charge in [0, 0.05) is 12.8 Å². The summed E-state index contributed by atoms with van der Waals surface area (Å²) < 4.78 is 26.2. The Morgan fingerprint density at radius 2 is 1.04 bits per heavy atom. The number of allylic oxidation sites excluding steroid dienone is 14. The summed E-state index contributed by atoms with van der Waals surface area (Å²) in [7, 11) is -4.83. The Bertz CT molecular complexity index is 1260. The van der Waals surface area contributed by atoms with Crippen molar-refractivity contribution in [2.24, 2.45) is 0 Å². The number of esters is 2. The van der Waals surface area contributed by atoms with Crippen molar-refractivity contribution in [3.8, 4) is 0 Å². The van der Waals surface area contributed by atoms with Gasteiger partial charge >= 0.3 is 19.8 Å². The van der Waals surface area contributed by atoms with Crippen LogP contribution in [0.15, 0.2) is 97.2 Å². The van der Waals surface area contributed by atoms with Crippen LogP contribution in [0.1, 0.15) is 142 Å². The van der Waals surface area contributed by atoms with E-state index in [1.165, 1.54) is 25.7 Å². The van der Waals surface area contributed by atoms with Crippen molar-refractivity contribution in [1.82, 2.24) is 0 Å². The number of phosphoric ester groups is 1. The van der Waals surface area contributed by atoms with E-state index < -0.39 is 51.3 Å². The number of aliphatic hydroxyl groups is 2. The van der Waals surface area contributed by atoms with Crippen LogP contribution in [0.25, 0.3) is 0 Å². The standard InChI is InChI=1S/C45H73O10P/c1-3-5-7-8-9-10-11-12-13-14-15-16-17-18-19-20-24-27-31-37-45(49)55-43(40-54-56(50,51)52)39-53-44(48)38-32-36-42(47)35-30-26-23-21-22-25-29-34-41(46)33-28-6-4-2/h9-10,12-13,15-16,18-19,22-23,25-26,29-30,34-35,41-43,46-47H,3-8,11,14,17,20-21,24,27-28,31-33,36-40H2,1-2H3,(H2,50,51,52)/b10-9-,13-12-,16-15-,19-18-,25-22-,26-23-,34-29+,35-30+/t41-,42-,43+/m0/s1. The Balaban J connectivity index is 4.26. The van der Waals surface area contributed by atoms with Gasteiger partial charge in [-0.15, -0.1) is 0 Å². The van der Waals surface area contributed by atoms with Crippen molar-refractivity contribution in [1.29, 1.82) is 0 Å². The summed E-state index contributed by atoms with van der Waals surface area (Å²) >= 11 is 0. The number of phosphoric acid groups is 1. The van der Waals surface area contributed by atoms with Gasteiger partial charge < -0.3 is 29.5 Å². The molecule has 0 rings (SSSR count). The smallest absolute Gasteiger partial charge is 0.462 e. The first kappa shape index (κ1) is 52.9. The highest BCUT2D eigenvalue weighted by molar-refractivity contribution is 7.46. The second kappa shape index (κ2) is 38.7. The topological polar surface area (TPSA) is 160 Å². The molecule has 0 bridgehead atoms. The Morgan fingerprint density at radius 3 is 1.59 bits per heavy atom. The van der Waals surface area contributed by atoms with E-state index in [1.54, 1.807) is 18.2 Å². The van der Waals surface area contributed by atoms with Crippen LogP contribution in [0.5, 0.6) is 0 Å². The van der Waals surface area contributed by atoms with Crippen molar-refractivity contribution in [2.75, 3.05) is 13.2 Å². The maximum Gasteiger partial charge on any atom is 0.469 e. The molecule has 0 aliphatic carbocycles. The first-order valence-corrected chi connectivity index (χ1v) is 22.3. The fourth-order valence-corrected chi connectivity index (χ4v) is 5.46. The average molecular weight is 805 g/mol. The molecule has 0 heterocycles. The van der Waals surface area contributed by atoms with Crippen molar-refractivity contribution in [3.05, 3.63) is 97.2 Å². The van der Waals surface area contributed by atoms with E-state index in [0.717, 1.165) is 64.2 Å². The molecule has 0 aromatic carbocycles. The van der Waals surface area contributed by atoms with Gasteiger partial charge in [-0.25, -0.2) is 4.57 Å². The fraction of sp³-hybridized carbons (Fsp3) is 0.600. The van der Waals surface area contributed by atoms with Crippen LogP contribution in [0.4, 0.5) is 0 Å². The Kier molecular flexibility index (Phi) is 36.6. The predicted octanol–water partition coefficient (Wildman–Crippen LogP) is 10.6. The molecule has 0 aliphatic heterocycles. The first-order valence-electron chi connectivity index (χ1n) is 20.7. The second-order valence-corrected chi connectivity index (χ2v) is 14.9. The van der Waals surface area contributed by atoms with Crippen LogP contribution in [0.2, 0.25) is 0 Å². The lowest BCUT2D eigenvalue weighted by atomic mass is 10.1. The van der Waals surface area contributed by atoms with E-state index in [0.29, 0.717) is 25.7 Å². The summed E-state index contributed by atoms with van der Waals surface area (Å²) in [6, 6.07) is 0. The molecule has 0 aliphatic rings. The van der Waals surface area contributed by atoms with Crippen LogP contribution >= 0.6 is 7.82 Å². The maximum absolute atomic E-state index is 12.4. The summed E-state index contributed by atoms with van der Waals surface area (Å²) in [6.07, 6.45) is 46.2. The van der Waals surface area contributed by atoms with Crippen molar-refractivity contribution in [3.63, 3.8) is 0 Å². The van der Waals surface area contributed by atoms with Gasteiger partial charge in [-0.2, -0.15) is 0 Å². The third-order valence-corrected chi connectivity index (χ3v) is 8.77. The Hall–Kier alpha value is -3.11. The SMILES string of the molecule is CCCCC/C=C\C/C=C\C/C=C\C/C=C\CCCCCC(=O)O[C@H](COC(=O)CCC[C@@H](O)/C=C/C=C\C/C=C\C=C\[C@@H](O)CCCCC)COP(=O)(O)O. The monoisotopic (exact) mass is 804 g/mol. The number of hydrogen-bond acceptors (Lipinski definition) is 8. The zero-order chi connectivity index (χ0) is 41.4. The number of rotatable bonds is 36. The van der Waals surface area contributed by atoms with Gasteiger partial charge in [-0.3, -0.25) is 14.1 Å². The van der Waals surface area contributed by atoms with E-state index >= 15 is 0 Å². The number of aliphatic hydroxyl groups excluding tert-OH is 2. The van der Waals surface area contributed by atoms with Crippen LogP contribution < -0.4 is 0 Å². The van der Waals surface area contributed by atoms with E-state index in [2.05, 4.69) is 67.0 Å². The van der Waals surface area contributed by atoms with Crippen LogP contribution in [0.3, 0.4) is 0 Å². The molecular weight excluding hydrogens is 731 g/mol. The van der Waals surface area contributed by atoms with E-state index in [4.69, 9.17) is 19.3 Å². The molecule has 0 aromatic heterocycles. The second-order valence-electron chi connectivity index (χ2n) is 13.7. The molecule has 0 spiro atoms. The van der Waals surface area contributed by atoms with Gasteiger partial charge in [0.1, 0.15) is 6.61 Å². The van der Waals surface area contributed by atoms with Crippen molar-refractivity contribution < 1.29 is 48.2 Å². The molecule has 0 aromatic rings. The number of unbranched alkanes of at least 4 members (excludes halogenated alkanes) is 8. The molecule has 0 saturated heterocycles. The lowest BCUT2D eigenvalue weighted by molar-refractivity contribution is -0.161. The van der Waals surface area contributed by atoms with Gasteiger partial charge in [0.25, 0.3) is 0 Å². The third kappa shape index (κ3) is 40.6. The molecule has 56 heavy (non-hydrogen) atoms. The largest absolute Gasteiger partial charge is 0.469 e. The molecule has 0 saturated carbocycles. The number of hydrogen-bond donors (Lipinski definition) is 4. The zero-order valence-corrected chi connectivity index (χ0v) is 35.1. The number of carbonyl (C=O) groups is 2. The minimum atomic E-state index is -4.83. The highest BCUT2D eigenvalue weighted by Crippen LogP contribution is 2.36. The Morgan fingerprint density at radius 1 is 0.554 bits per heavy atom. The molecule has 10 nitrogen and oxygen atoms in total. The van der Waals surface area contributed by atoms with E-state index in [-0.39, 0.29) is 12.8 Å². The molecule has 4 N–H and O–H groups in total. The van der Waals surface area contributed by atoms with Gasteiger partial charge in [0.05, 0.1) is 18.8 Å². The van der Waals surface area contributed by atoms with Gasteiger partial charge in [0.15, 0.2) is 6.10 Å². The zero-order valence-electron chi connectivity index (χ0n) is 34.2. The molecule has 0 radical (unpaired) electrons. The number of ether oxygens (including phenoxy) is 2. The van der Waals surface area contributed by atoms with Crippen molar-refractivity contribution >= 4 is 19.8 Å². The molecule has 318 valence electrons. The van der Waals surface area contributed by atoms with E-state index in [9.17, 15) is 24.4 Å². The summed E-state index contributed by atoms with van der Waals surface area (Å²) in [5.41, 5.74) is 0. The molecule has 0 fully saturated rings. The van der Waals surface area contributed by atoms with Crippen molar-refractivity contribution in [2.45, 2.75) is 161 Å². The maximum atomic E-state index is 12.4. The van der Waals surface area contributed by atoms with Gasteiger partial charge in [-0.1, -0.05) is 150 Å². The van der Waals surface area contributed by atoms with Crippen LogP contribution in [-0.4, -0.2) is 63.5 Å².